The lowest BCUT2D eigenvalue weighted by atomic mass is 10.3. The van der Waals surface area contributed by atoms with Crippen LogP contribution in [-0.2, 0) is 6.54 Å². The third kappa shape index (κ3) is 2.36. The molecular weight excluding hydrogens is 198 g/mol. The molecule has 2 aromatic rings. The highest BCUT2D eigenvalue weighted by atomic mass is 14.9. The van der Waals surface area contributed by atoms with E-state index in [1.165, 1.54) is 0 Å². The Labute approximate surface area is 94.9 Å². The van der Waals surface area contributed by atoms with E-state index in [4.69, 9.17) is 6.42 Å². The van der Waals surface area contributed by atoms with Crippen LogP contribution in [0.1, 0.15) is 12.6 Å². The summed E-state index contributed by atoms with van der Waals surface area (Å²) in [6.07, 6.45) is 7.05. The molecule has 2 rings (SSSR count). The summed E-state index contributed by atoms with van der Waals surface area (Å²) in [4.78, 5) is 8.82. The van der Waals surface area contributed by atoms with Gasteiger partial charge in [0.05, 0.1) is 29.0 Å². The summed E-state index contributed by atoms with van der Waals surface area (Å²) in [5, 5.41) is 3.17. The molecule has 80 valence electrons. The van der Waals surface area contributed by atoms with Crippen LogP contribution in [0.15, 0.2) is 30.5 Å². The minimum absolute atomic E-state index is 0.0493. The zero-order chi connectivity index (χ0) is 11.4. The highest BCUT2D eigenvalue weighted by Crippen LogP contribution is 2.08. The second-order valence-electron chi connectivity index (χ2n) is 3.62. The van der Waals surface area contributed by atoms with E-state index in [2.05, 4.69) is 21.2 Å². The number of fused-ring (bicyclic) bond motifs is 1. The molecule has 0 fully saturated rings. The molecule has 0 amide bonds. The standard InChI is InChI=1S/C13H13N3/c1-3-10(2)14-8-11-9-15-12-6-4-5-7-13(12)16-11/h1,4-7,9-10,14H,8H2,2H3. The smallest absolute Gasteiger partial charge is 0.0890 e. The van der Waals surface area contributed by atoms with Crippen molar-refractivity contribution >= 4 is 11.0 Å². The molecule has 0 spiro atoms. The Balaban J connectivity index is 2.17. The average Bonchev–Trinajstić information content (AvgIpc) is 2.35. The van der Waals surface area contributed by atoms with Crippen LogP contribution in [-0.4, -0.2) is 16.0 Å². The van der Waals surface area contributed by atoms with E-state index >= 15 is 0 Å². The lowest BCUT2D eigenvalue weighted by Crippen LogP contribution is -2.24. The molecule has 1 heterocycles. The molecule has 1 N–H and O–H groups in total. The van der Waals surface area contributed by atoms with Crippen LogP contribution in [0.3, 0.4) is 0 Å². The first-order chi connectivity index (χ1) is 7.79. The maximum Gasteiger partial charge on any atom is 0.0890 e. The highest BCUT2D eigenvalue weighted by Gasteiger charge is 2.00. The van der Waals surface area contributed by atoms with Crippen LogP contribution in [0, 0.1) is 12.3 Å². The molecule has 0 saturated carbocycles. The SMILES string of the molecule is C#CC(C)NCc1cnc2ccccc2n1. The second-order valence-corrected chi connectivity index (χ2v) is 3.62. The third-order valence-corrected chi connectivity index (χ3v) is 2.34. The van der Waals surface area contributed by atoms with Crippen LogP contribution in [0.2, 0.25) is 0 Å². The van der Waals surface area contributed by atoms with E-state index in [0.717, 1.165) is 16.7 Å². The fraction of sp³-hybridized carbons (Fsp3) is 0.231. The van der Waals surface area contributed by atoms with Gasteiger partial charge in [-0.3, -0.25) is 10.3 Å². The summed E-state index contributed by atoms with van der Waals surface area (Å²) in [7, 11) is 0. The Kier molecular flexibility index (Phi) is 3.13. The Morgan fingerprint density at radius 3 is 2.88 bits per heavy atom. The van der Waals surface area contributed by atoms with Gasteiger partial charge in [-0.25, -0.2) is 4.98 Å². The molecule has 0 radical (unpaired) electrons. The lowest BCUT2D eigenvalue weighted by Gasteiger charge is -2.06. The van der Waals surface area contributed by atoms with Crippen molar-refractivity contribution in [1.82, 2.24) is 15.3 Å². The molecule has 0 saturated heterocycles. The van der Waals surface area contributed by atoms with Gasteiger partial charge >= 0.3 is 0 Å². The molecule has 0 aliphatic heterocycles. The molecule has 1 atom stereocenters. The first-order valence-corrected chi connectivity index (χ1v) is 5.20. The van der Waals surface area contributed by atoms with Gasteiger partial charge in [-0.2, -0.15) is 0 Å². The van der Waals surface area contributed by atoms with E-state index in [-0.39, 0.29) is 6.04 Å². The van der Waals surface area contributed by atoms with Gasteiger partial charge in [0.15, 0.2) is 0 Å². The van der Waals surface area contributed by atoms with Gasteiger partial charge in [-0.15, -0.1) is 6.42 Å². The van der Waals surface area contributed by atoms with Gasteiger partial charge in [-0.1, -0.05) is 18.1 Å². The van der Waals surface area contributed by atoms with Crippen molar-refractivity contribution in [1.29, 1.82) is 0 Å². The van der Waals surface area contributed by atoms with Crippen molar-refractivity contribution in [2.45, 2.75) is 19.5 Å². The Bertz CT molecular complexity index is 528. The number of hydrogen-bond acceptors (Lipinski definition) is 3. The van der Waals surface area contributed by atoms with Crippen molar-refractivity contribution < 1.29 is 0 Å². The molecule has 0 aliphatic rings. The number of para-hydroxylation sites is 2. The molecule has 0 aliphatic carbocycles. The molecular formula is C13H13N3. The normalized spacial score (nSPS) is 12.2. The Morgan fingerprint density at radius 1 is 1.38 bits per heavy atom. The van der Waals surface area contributed by atoms with Crippen molar-refractivity contribution in [3.05, 3.63) is 36.2 Å². The summed E-state index contributed by atoms with van der Waals surface area (Å²) < 4.78 is 0. The zero-order valence-corrected chi connectivity index (χ0v) is 9.14. The Morgan fingerprint density at radius 2 is 2.12 bits per heavy atom. The first-order valence-electron chi connectivity index (χ1n) is 5.20. The van der Waals surface area contributed by atoms with Crippen molar-refractivity contribution in [3.63, 3.8) is 0 Å². The van der Waals surface area contributed by atoms with Gasteiger partial charge in [0.1, 0.15) is 0 Å². The third-order valence-electron chi connectivity index (χ3n) is 2.34. The summed E-state index contributed by atoms with van der Waals surface area (Å²) >= 11 is 0. The Hall–Kier alpha value is -1.92. The maximum absolute atomic E-state index is 5.28. The van der Waals surface area contributed by atoms with Gasteiger partial charge in [0.25, 0.3) is 0 Å². The van der Waals surface area contributed by atoms with Crippen LogP contribution < -0.4 is 5.32 Å². The molecule has 3 heteroatoms. The number of nitrogens with zero attached hydrogens (tertiary/aromatic N) is 2. The summed E-state index contributed by atoms with van der Waals surface area (Å²) in [6.45, 7) is 2.58. The number of rotatable bonds is 3. The van der Waals surface area contributed by atoms with E-state index < -0.39 is 0 Å². The van der Waals surface area contributed by atoms with Gasteiger partial charge in [-0.05, 0) is 19.1 Å². The largest absolute Gasteiger partial charge is 0.298 e. The van der Waals surface area contributed by atoms with Crippen LogP contribution in [0.5, 0.6) is 0 Å². The number of terminal acetylenes is 1. The molecule has 1 aromatic carbocycles. The number of aromatic nitrogens is 2. The van der Waals surface area contributed by atoms with Crippen molar-refractivity contribution in [2.75, 3.05) is 0 Å². The van der Waals surface area contributed by atoms with Gasteiger partial charge in [0.2, 0.25) is 0 Å². The molecule has 1 unspecified atom stereocenters. The van der Waals surface area contributed by atoms with Crippen LogP contribution in [0.25, 0.3) is 11.0 Å². The summed E-state index contributed by atoms with van der Waals surface area (Å²) in [6, 6.07) is 7.86. The highest BCUT2D eigenvalue weighted by molar-refractivity contribution is 5.73. The fourth-order valence-corrected chi connectivity index (χ4v) is 1.40. The quantitative estimate of drug-likeness (QED) is 0.786. The fourth-order valence-electron chi connectivity index (χ4n) is 1.40. The number of benzene rings is 1. The molecule has 1 aromatic heterocycles. The van der Waals surface area contributed by atoms with E-state index in [0.29, 0.717) is 6.54 Å². The predicted molar refractivity (Wildman–Crippen MR) is 64.7 cm³/mol. The summed E-state index contributed by atoms with van der Waals surface area (Å²) in [5.74, 6) is 2.61. The topological polar surface area (TPSA) is 37.8 Å². The lowest BCUT2D eigenvalue weighted by molar-refractivity contribution is 0.637. The van der Waals surface area contributed by atoms with Crippen molar-refractivity contribution in [2.24, 2.45) is 0 Å². The van der Waals surface area contributed by atoms with Crippen LogP contribution in [0.4, 0.5) is 0 Å². The monoisotopic (exact) mass is 211 g/mol. The van der Waals surface area contributed by atoms with Gasteiger partial charge in [0, 0.05) is 6.54 Å². The molecule has 16 heavy (non-hydrogen) atoms. The molecule has 3 nitrogen and oxygen atoms in total. The number of hydrogen-bond donors (Lipinski definition) is 1. The maximum atomic E-state index is 5.28. The predicted octanol–water partition coefficient (Wildman–Crippen LogP) is 1.74. The molecule has 0 bridgehead atoms. The number of nitrogens with one attached hydrogen (secondary N) is 1. The second kappa shape index (κ2) is 4.73. The van der Waals surface area contributed by atoms with E-state index in [9.17, 15) is 0 Å². The average molecular weight is 211 g/mol. The minimum Gasteiger partial charge on any atom is -0.298 e. The summed E-state index contributed by atoms with van der Waals surface area (Å²) in [5.41, 5.74) is 2.73. The van der Waals surface area contributed by atoms with Crippen LogP contribution >= 0.6 is 0 Å². The van der Waals surface area contributed by atoms with E-state index in [1.807, 2.05) is 31.2 Å². The van der Waals surface area contributed by atoms with E-state index in [1.54, 1.807) is 6.20 Å². The minimum atomic E-state index is 0.0493. The zero-order valence-electron chi connectivity index (χ0n) is 9.14. The first kappa shape index (κ1) is 10.6. The van der Waals surface area contributed by atoms with Gasteiger partial charge < -0.3 is 0 Å². The van der Waals surface area contributed by atoms with Crippen molar-refractivity contribution in [3.8, 4) is 12.3 Å².